The average molecular weight is 110 g/mol. The van der Waals surface area contributed by atoms with Gasteiger partial charge in [0.15, 0.2) is 6.03 Å². The van der Waals surface area contributed by atoms with Gasteiger partial charge in [0.2, 0.25) is 0 Å². The normalized spacial score (nSPS) is 7.00. The second-order valence-corrected chi connectivity index (χ2v) is 1.01. The van der Waals surface area contributed by atoms with Crippen LogP contribution in [0.1, 0.15) is 13.8 Å². The molecule has 2 N–H and O–H groups in total. The molecule has 0 aliphatic carbocycles. The lowest BCUT2D eigenvalue weighted by molar-refractivity contribution is 0.0395. The highest BCUT2D eigenvalue weighted by molar-refractivity contribution is 7.16. The molecule has 0 fully saturated rings. The maximum absolute atomic E-state index is 7.57. The van der Waals surface area contributed by atoms with E-state index in [0.717, 1.165) is 0 Å². The van der Waals surface area contributed by atoms with Gasteiger partial charge in [-0.15, -0.1) is 0 Å². The van der Waals surface area contributed by atoms with Crippen molar-refractivity contribution in [1.29, 1.82) is 0 Å². The van der Waals surface area contributed by atoms with Crippen molar-refractivity contribution >= 4 is 9.24 Å². The Hall–Kier alpha value is 0.350. The highest BCUT2D eigenvalue weighted by atomic mass is 31.0. The van der Waals surface area contributed by atoms with Crippen LogP contribution in [-0.2, 0) is 0 Å². The molecule has 0 amide bonds. The summed E-state index contributed by atoms with van der Waals surface area (Å²) in [5.41, 5.74) is 0. The van der Waals surface area contributed by atoms with Crippen molar-refractivity contribution in [3.63, 3.8) is 0 Å². The maximum atomic E-state index is 7.57. The molecule has 0 radical (unpaired) electrons. The first-order chi connectivity index (χ1) is 2.73. The minimum atomic E-state index is -1.25. The van der Waals surface area contributed by atoms with Gasteiger partial charge in [-0.25, -0.2) is 0 Å². The first-order valence-corrected chi connectivity index (χ1v) is 2.52. The van der Waals surface area contributed by atoms with Crippen LogP contribution in [0.5, 0.6) is 0 Å². The van der Waals surface area contributed by atoms with E-state index in [0.29, 0.717) is 0 Å². The van der Waals surface area contributed by atoms with E-state index >= 15 is 0 Å². The first-order valence-electron chi connectivity index (χ1n) is 1.85. The molecular weight excluding hydrogens is 99.0 g/mol. The van der Waals surface area contributed by atoms with Crippen LogP contribution in [0, 0.1) is 0 Å². The SMILES string of the molecule is CC.OC(O)P. The van der Waals surface area contributed by atoms with Crippen LogP contribution >= 0.6 is 9.24 Å². The topological polar surface area (TPSA) is 40.5 Å². The van der Waals surface area contributed by atoms with E-state index in [9.17, 15) is 0 Å². The molecule has 0 saturated carbocycles. The van der Waals surface area contributed by atoms with E-state index in [1.54, 1.807) is 9.24 Å². The van der Waals surface area contributed by atoms with E-state index in [-0.39, 0.29) is 0 Å². The quantitative estimate of drug-likeness (QED) is 0.344. The summed E-state index contributed by atoms with van der Waals surface area (Å²) in [6.07, 6.45) is 0. The minimum absolute atomic E-state index is 1.25. The summed E-state index contributed by atoms with van der Waals surface area (Å²) >= 11 is 0. The molecular formula is C3H11O2P. The Kier molecular flexibility index (Phi) is 14.4. The zero-order valence-electron chi connectivity index (χ0n) is 4.05. The third-order valence-electron chi connectivity index (χ3n) is 0. The summed E-state index contributed by atoms with van der Waals surface area (Å²) in [4.78, 5) is 0. The van der Waals surface area contributed by atoms with Crippen molar-refractivity contribution in [1.82, 2.24) is 0 Å². The molecule has 0 heterocycles. The molecule has 0 aromatic carbocycles. The van der Waals surface area contributed by atoms with Crippen LogP contribution in [0.3, 0.4) is 0 Å². The Bertz CT molecular complexity index is 13.5. The van der Waals surface area contributed by atoms with Crippen molar-refractivity contribution in [3.8, 4) is 0 Å². The molecule has 3 heteroatoms. The first kappa shape index (κ1) is 9.61. The standard InChI is InChI=1S/C2H6.CH5O2P/c1-2;2-1(3)4/h1-2H3;1-3H,4H2. The third kappa shape index (κ3) is 399. The van der Waals surface area contributed by atoms with Gasteiger partial charge in [-0.1, -0.05) is 23.1 Å². The van der Waals surface area contributed by atoms with Crippen molar-refractivity contribution in [2.75, 3.05) is 0 Å². The number of aliphatic hydroxyl groups excluding tert-OH is 1. The molecule has 0 spiro atoms. The molecule has 0 saturated heterocycles. The zero-order chi connectivity index (χ0) is 5.58. The lowest BCUT2D eigenvalue weighted by Crippen LogP contribution is -1.85. The van der Waals surface area contributed by atoms with Crippen LogP contribution in [0.15, 0.2) is 0 Å². The summed E-state index contributed by atoms with van der Waals surface area (Å²) in [5.74, 6) is 0. The number of rotatable bonds is 0. The van der Waals surface area contributed by atoms with Gasteiger partial charge in [0.05, 0.1) is 0 Å². The Balaban J connectivity index is 0. The molecule has 0 bridgehead atoms. The van der Waals surface area contributed by atoms with Crippen LogP contribution in [0.25, 0.3) is 0 Å². The van der Waals surface area contributed by atoms with E-state index < -0.39 is 6.03 Å². The van der Waals surface area contributed by atoms with E-state index in [1.807, 2.05) is 13.8 Å². The third-order valence-corrected chi connectivity index (χ3v) is 0. The Morgan fingerprint density at radius 1 is 1.33 bits per heavy atom. The molecule has 40 valence electrons. The zero-order valence-corrected chi connectivity index (χ0v) is 5.20. The second-order valence-electron chi connectivity index (χ2n) is 0.414. The fourth-order valence-corrected chi connectivity index (χ4v) is 0. The largest absolute Gasteiger partial charge is 0.365 e. The van der Waals surface area contributed by atoms with Crippen LogP contribution in [-0.4, -0.2) is 16.2 Å². The predicted octanol–water partition coefficient (Wildman–Crippen LogP) is 0.156. The molecule has 0 rings (SSSR count). The van der Waals surface area contributed by atoms with Gasteiger partial charge in [0.1, 0.15) is 0 Å². The number of aliphatic hydroxyl groups is 2. The van der Waals surface area contributed by atoms with Crippen molar-refractivity contribution in [2.45, 2.75) is 19.9 Å². The summed E-state index contributed by atoms with van der Waals surface area (Å²) in [6.45, 7) is 4.00. The molecule has 1 atom stereocenters. The Morgan fingerprint density at radius 3 is 1.33 bits per heavy atom. The van der Waals surface area contributed by atoms with Gasteiger partial charge in [0, 0.05) is 0 Å². The molecule has 0 aromatic rings. The van der Waals surface area contributed by atoms with Crippen molar-refractivity contribution in [3.05, 3.63) is 0 Å². The molecule has 6 heavy (non-hydrogen) atoms. The van der Waals surface area contributed by atoms with Gasteiger partial charge in [-0.2, -0.15) is 0 Å². The fraction of sp³-hybridized carbons (Fsp3) is 1.00. The van der Waals surface area contributed by atoms with E-state index in [4.69, 9.17) is 10.2 Å². The highest BCUT2D eigenvalue weighted by Gasteiger charge is 1.70. The fourth-order valence-electron chi connectivity index (χ4n) is 0. The Morgan fingerprint density at radius 2 is 1.33 bits per heavy atom. The van der Waals surface area contributed by atoms with Gasteiger partial charge < -0.3 is 10.2 Å². The van der Waals surface area contributed by atoms with E-state index in [1.165, 1.54) is 0 Å². The maximum Gasteiger partial charge on any atom is 0.164 e. The molecule has 0 aromatic heterocycles. The molecule has 0 aliphatic rings. The summed E-state index contributed by atoms with van der Waals surface area (Å²) in [6, 6.07) is -1.25. The van der Waals surface area contributed by atoms with Crippen LogP contribution in [0.2, 0.25) is 0 Å². The monoisotopic (exact) mass is 110 g/mol. The number of hydrogen-bond donors (Lipinski definition) is 2. The number of hydrogen-bond acceptors (Lipinski definition) is 2. The summed E-state index contributed by atoms with van der Waals surface area (Å²) in [7, 11) is 1.77. The lowest BCUT2D eigenvalue weighted by atomic mass is 11.0. The predicted molar refractivity (Wildman–Crippen MR) is 29.3 cm³/mol. The lowest BCUT2D eigenvalue weighted by Gasteiger charge is -1.80. The van der Waals surface area contributed by atoms with Gasteiger partial charge in [-0.05, 0) is 0 Å². The second kappa shape index (κ2) is 9.02. The van der Waals surface area contributed by atoms with Crippen LogP contribution < -0.4 is 0 Å². The van der Waals surface area contributed by atoms with Crippen molar-refractivity contribution < 1.29 is 10.2 Å². The van der Waals surface area contributed by atoms with Gasteiger partial charge in [0.25, 0.3) is 0 Å². The molecule has 1 unspecified atom stereocenters. The van der Waals surface area contributed by atoms with Crippen molar-refractivity contribution in [2.24, 2.45) is 0 Å². The molecule has 2 nitrogen and oxygen atoms in total. The van der Waals surface area contributed by atoms with E-state index in [2.05, 4.69) is 0 Å². The van der Waals surface area contributed by atoms with Gasteiger partial charge in [-0.3, -0.25) is 0 Å². The highest BCUT2D eigenvalue weighted by Crippen LogP contribution is 1.81. The summed E-state index contributed by atoms with van der Waals surface area (Å²) in [5, 5.41) is 15.1. The molecule has 0 aliphatic heterocycles. The van der Waals surface area contributed by atoms with Crippen LogP contribution in [0.4, 0.5) is 0 Å². The Labute approximate surface area is 40.4 Å². The average Bonchev–Trinajstić information content (AvgIpc) is 1.41. The van der Waals surface area contributed by atoms with Gasteiger partial charge >= 0.3 is 0 Å². The smallest absolute Gasteiger partial charge is 0.164 e. The minimum Gasteiger partial charge on any atom is -0.365 e. The summed E-state index contributed by atoms with van der Waals surface area (Å²) < 4.78 is 0.